The highest BCUT2D eigenvalue weighted by molar-refractivity contribution is 6.08. The van der Waals surface area contributed by atoms with Gasteiger partial charge in [0.1, 0.15) is 5.58 Å². The van der Waals surface area contributed by atoms with Crippen molar-refractivity contribution >= 4 is 33.5 Å². The van der Waals surface area contributed by atoms with Gasteiger partial charge < -0.3 is 9.15 Å². The maximum atomic E-state index is 12.8. The van der Waals surface area contributed by atoms with Crippen LogP contribution in [0.25, 0.3) is 21.7 Å². The summed E-state index contributed by atoms with van der Waals surface area (Å²) in [7, 11) is 0. The first-order valence-electron chi connectivity index (χ1n) is 10.3. The first-order valence-corrected chi connectivity index (χ1v) is 10.3. The number of hydrogen-bond acceptors (Lipinski definition) is 4. The zero-order valence-electron chi connectivity index (χ0n) is 16.8. The number of benzene rings is 3. The van der Waals surface area contributed by atoms with E-state index < -0.39 is 12.1 Å². The summed E-state index contributed by atoms with van der Waals surface area (Å²) in [5, 5.41) is 3.04. The number of rotatable bonds is 5. The van der Waals surface area contributed by atoms with Gasteiger partial charge in [0.05, 0.1) is 12.7 Å². The standard InChI is InChI=1S/C26H22O4/c1-16(26(28)20-10-9-17-6-4-7-19(17)13-20)30-24(27)14-21-15-29-23-12-11-18-5-2-3-8-22(18)25(21)23/h2-3,5,8-13,15-16H,4,6-7,14H2,1H3/t16-/m0/s1. The molecule has 0 amide bonds. The lowest BCUT2D eigenvalue weighted by Crippen LogP contribution is -2.25. The number of aryl methyl sites for hydroxylation is 2. The average molecular weight is 398 g/mol. The van der Waals surface area contributed by atoms with E-state index in [1.807, 2.05) is 54.6 Å². The van der Waals surface area contributed by atoms with Crippen LogP contribution in [0.5, 0.6) is 0 Å². The van der Waals surface area contributed by atoms with Gasteiger partial charge in [-0.25, -0.2) is 0 Å². The lowest BCUT2D eigenvalue weighted by Gasteiger charge is -2.13. The van der Waals surface area contributed by atoms with Crippen molar-refractivity contribution in [2.24, 2.45) is 0 Å². The highest BCUT2D eigenvalue weighted by atomic mass is 16.5. The van der Waals surface area contributed by atoms with Gasteiger partial charge in [0, 0.05) is 16.5 Å². The lowest BCUT2D eigenvalue weighted by molar-refractivity contribution is -0.145. The van der Waals surface area contributed by atoms with Crippen LogP contribution in [-0.2, 0) is 28.8 Å². The van der Waals surface area contributed by atoms with Gasteiger partial charge in [-0.05, 0) is 60.2 Å². The van der Waals surface area contributed by atoms with Crippen LogP contribution < -0.4 is 0 Å². The number of hydrogen-bond donors (Lipinski definition) is 0. The van der Waals surface area contributed by atoms with Gasteiger partial charge in [-0.1, -0.05) is 42.5 Å². The summed E-state index contributed by atoms with van der Waals surface area (Å²) in [6.07, 6.45) is 4.04. The molecule has 0 saturated carbocycles. The van der Waals surface area contributed by atoms with Crippen molar-refractivity contribution in [2.75, 3.05) is 0 Å². The molecule has 4 heteroatoms. The van der Waals surface area contributed by atoms with E-state index in [1.165, 1.54) is 11.1 Å². The molecule has 0 unspecified atom stereocenters. The summed E-state index contributed by atoms with van der Waals surface area (Å²) < 4.78 is 11.1. The van der Waals surface area contributed by atoms with E-state index in [1.54, 1.807) is 13.2 Å². The topological polar surface area (TPSA) is 56.5 Å². The molecule has 3 aromatic carbocycles. The molecular formula is C26H22O4. The van der Waals surface area contributed by atoms with Gasteiger partial charge in [-0.3, -0.25) is 9.59 Å². The van der Waals surface area contributed by atoms with Crippen LogP contribution in [0.2, 0.25) is 0 Å². The summed E-state index contributed by atoms with van der Waals surface area (Å²) in [5.74, 6) is -0.604. The van der Waals surface area contributed by atoms with Crippen molar-refractivity contribution < 1.29 is 18.7 Å². The average Bonchev–Trinajstić information content (AvgIpc) is 3.39. The van der Waals surface area contributed by atoms with Gasteiger partial charge in [0.25, 0.3) is 0 Å². The minimum absolute atomic E-state index is 0.0583. The molecule has 1 aromatic heterocycles. The molecule has 0 saturated heterocycles. The summed E-state index contributed by atoms with van der Waals surface area (Å²) in [4.78, 5) is 25.4. The summed E-state index contributed by atoms with van der Waals surface area (Å²) in [6, 6.07) is 17.7. The minimum atomic E-state index is -0.827. The molecule has 30 heavy (non-hydrogen) atoms. The molecule has 0 spiro atoms. The smallest absolute Gasteiger partial charge is 0.311 e. The largest absolute Gasteiger partial charge is 0.464 e. The molecule has 0 radical (unpaired) electrons. The van der Waals surface area contributed by atoms with Crippen LogP contribution in [0.3, 0.4) is 0 Å². The maximum absolute atomic E-state index is 12.8. The molecule has 0 fully saturated rings. The summed E-state index contributed by atoms with van der Waals surface area (Å²) >= 11 is 0. The molecule has 1 aliphatic carbocycles. The lowest BCUT2D eigenvalue weighted by atomic mass is 10.0. The van der Waals surface area contributed by atoms with Gasteiger partial charge in [-0.15, -0.1) is 0 Å². The van der Waals surface area contributed by atoms with E-state index in [0.717, 1.165) is 46.6 Å². The van der Waals surface area contributed by atoms with Crippen LogP contribution >= 0.6 is 0 Å². The first kappa shape index (κ1) is 18.6. The zero-order chi connectivity index (χ0) is 20.7. The Hall–Kier alpha value is -3.40. The van der Waals surface area contributed by atoms with Crippen molar-refractivity contribution in [1.29, 1.82) is 0 Å². The van der Waals surface area contributed by atoms with E-state index >= 15 is 0 Å². The van der Waals surface area contributed by atoms with Gasteiger partial charge >= 0.3 is 5.97 Å². The Morgan fingerprint density at radius 1 is 1.03 bits per heavy atom. The Morgan fingerprint density at radius 2 is 1.87 bits per heavy atom. The van der Waals surface area contributed by atoms with Crippen LogP contribution in [0.4, 0.5) is 0 Å². The van der Waals surface area contributed by atoms with Crippen LogP contribution in [0.1, 0.15) is 40.4 Å². The third-order valence-electron chi connectivity index (χ3n) is 5.94. The maximum Gasteiger partial charge on any atom is 0.311 e. The number of Topliss-reactive ketones (excluding diaryl/α,β-unsaturated/α-hetero) is 1. The van der Waals surface area contributed by atoms with E-state index in [0.29, 0.717) is 5.56 Å². The molecule has 1 atom stereocenters. The second-order valence-electron chi connectivity index (χ2n) is 7.93. The van der Waals surface area contributed by atoms with E-state index in [-0.39, 0.29) is 12.2 Å². The molecule has 0 bridgehead atoms. The van der Waals surface area contributed by atoms with E-state index in [2.05, 4.69) is 0 Å². The molecule has 1 heterocycles. The molecule has 5 rings (SSSR count). The third-order valence-corrected chi connectivity index (χ3v) is 5.94. The normalized spacial score (nSPS) is 14.0. The molecule has 1 aliphatic rings. The Bertz CT molecular complexity index is 1280. The van der Waals surface area contributed by atoms with Crippen molar-refractivity contribution in [1.82, 2.24) is 0 Å². The molecule has 150 valence electrons. The second kappa shape index (κ2) is 7.45. The fourth-order valence-electron chi connectivity index (χ4n) is 4.41. The molecule has 4 nitrogen and oxygen atoms in total. The Balaban J connectivity index is 1.33. The van der Waals surface area contributed by atoms with Crippen molar-refractivity contribution in [2.45, 2.75) is 38.7 Å². The molecule has 0 aliphatic heterocycles. The quantitative estimate of drug-likeness (QED) is 0.332. The fraction of sp³-hybridized carbons (Fsp3) is 0.231. The number of ketones is 1. The number of ether oxygens (including phenoxy) is 1. The highest BCUT2D eigenvalue weighted by Gasteiger charge is 2.22. The van der Waals surface area contributed by atoms with Gasteiger partial charge in [0.2, 0.25) is 5.78 Å². The SMILES string of the molecule is C[C@H](OC(=O)Cc1coc2ccc3ccccc3c12)C(=O)c1ccc2c(c1)CCC2. The number of fused-ring (bicyclic) bond motifs is 4. The van der Waals surface area contributed by atoms with Crippen LogP contribution in [-0.4, -0.2) is 17.9 Å². The predicted molar refractivity (Wildman–Crippen MR) is 116 cm³/mol. The fourth-order valence-corrected chi connectivity index (χ4v) is 4.41. The van der Waals surface area contributed by atoms with E-state index in [9.17, 15) is 9.59 Å². The molecule has 4 aromatic rings. The van der Waals surface area contributed by atoms with E-state index in [4.69, 9.17) is 9.15 Å². The minimum Gasteiger partial charge on any atom is -0.464 e. The van der Waals surface area contributed by atoms with Crippen LogP contribution in [0.15, 0.2) is 65.3 Å². The number of carbonyl (C=O) groups is 2. The predicted octanol–water partition coefficient (Wildman–Crippen LogP) is 5.43. The van der Waals surface area contributed by atoms with Crippen molar-refractivity contribution in [3.05, 3.63) is 83.1 Å². The third kappa shape index (κ3) is 3.28. The molecular weight excluding hydrogens is 376 g/mol. The number of furan rings is 1. The van der Waals surface area contributed by atoms with Gasteiger partial charge in [-0.2, -0.15) is 0 Å². The Kier molecular flexibility index (Phi) is 4.62. The monoisotopic (exact) mass is 398 g/mol. The van der Waals surface area contributed by atoms with Crippen molar-refractivity contribution in [3.63, 3.8) is 0 Å². The summed E-state index contributed by atoms with van der Waals surface area (Å²) in [5.41, 5.74) is 4.66. The summed E-state index contributed by atoms with van der Waals surface area (Å²) in [6.45, 7) is 1.64. The first-order chi connectivity index (χ1) is 14.6. The second-order valence-corrected chi connectivity index (χ2v) is 7.93. The number of carbonyl (C=O) groups excluding carboxylic acids is 2. The van der Waals surface area contributed by atoms with Gasteiger partial charge in [0.15, 0.2) is 6.10 Å². The molecule has 0 N–H and O–H groups in total. The zero-order valence-corrected chi connectivity index (χ0v) is 16.8. The highest BCUT2D eigenvalue weighted by Crippen LogP contribution is 2.30. The Labute approximate surface area is 174 Å². The Morgan fingerprint density at radius 3 is 2.77 bits per heavy atom. The van der Waals surface area contributed by atoms with Crippen LogP contribution in [0, 0.1) is 0 Å². The number of esters is 1. The van der Waals surface area contributed by atoms with Crippen molar-refractivity contribution in [3.8, 4) is 0 Å².